The Labute approximate surface area is 251 Å². The maximum Gasteiger partial charge on any atom is 0.344 e. The molecular formula is C35H35FN2O3S. The summed E-state index contributed by atoms with van der Waals surface area (Å²) >= 11 is 1.50. The molecule has 0 aliphatic carbocycles. The normalized spacial score (nSPS) is 13.5. The number of allylic oxidation sites excluding steroid dienone is 1. The molecule has 0 aromatic heterocycles. The van der Waals surface area contributed by atoms with Crippen LogP contribution in [-0.2, 0) is 6.54 Å². The second kappa shape index (κ2) is 11.9. The number of esters is 1. The van der Waals surface area contributed by atoms with E-state index in [9.17, 15) is 9.18 Å². The van der Waals surface area contributed by atoms with Crippen LogP contribution >= 0.6 is 11.8 Å². The summed E-state index contributed by atoms with van der Waals surface area (Å²) in [7, 11) is 1.61. The first-order valence-corrected chi connectivity index (χ1v) is 15.0. The highest BCUT2D eigenvalue weighted by Crippen LogP contribution is 2.43. The zero-order chi connectivity index (χ0) is 30.0. The summed E-state index contributed by atoms with van der Waals surface area (Å²) in [4.78, 5) is 13.9. The Bertz CT molecular complexity index is 1700. The minimum absolute atomic E-state index is 0.194. The van der Waals surface area contributed by atoms with Gasteiger partial charge in [-0.25, -0.2) is 9.18 Å². The van der Waals surface area contributed by atoms with Gasteiger partial charge in [0, 0.05) is 40.0 Å². The molecule has 1 heterocycles. The highest BCUT2D eigenvalue weighted by Gasteiger charge is 2.27. The number of methoxy groups -OCH3 is 1. The Morgan fingerprint density at radius 2 is 1.76 bits per heavy atom. The van der Waals surface area contributed by atoms with Crippen molar-refractivity contribution in [3.8, 4) is 22.6 Å². The van der Waals surface area contributed by atoms with Crippen LogP contribution in [0.2, 0.25) is 0 Å². The van der Waals surface area contributed by atoms with Crippen molar-refractivity contribution in [2.75, 3.05) is 24.0 Å². The SMILES string of the molecule is COc1cc(OC(=O)c2ccccc2SC)ccc1-c1ccc2c(c1CNc1cc(F)ccc1C)C(C)=CC(C)(C)N2. The van der Waals surface area contributed by atoms with E-state index in [2.05, 4.69) is 49.6 Å². The van der Waals surface area contributed by atoms with Gasteiger partial charge in [-0.05, 0) is 98.7 Å². The van der Waals surface area contributed by atoms with Gasteiger partial charge in [0.05, 0.1) is 18.2 Å². The minimum atomic E-state index is -0.423. The monoisotopic (exact) mass is 582 g/mol. The molecule has 1 aliphatic rings. The summed E-state index contributed by atoms with van der Waals surface area (Å²) in [5.41, 5.74) is 8.17. The summed E-state index contributed by atoms with van der Waals surface area (Å²) in [6.07, 6.45) is 4.15. The number of rotatable bonds is 8. The maximum absolute atomic E-state index is 14.1. The van der Waals surface area contributed by atoms with Crippen molar-refractivity contribution in [1.82, 2.24) is 0 Å². The molecule has 0 amide bonds. The lowest BCUT2D eigenvalue weighted by Gasteiger charge is -2.33. The molecule has 0 fully saturated rings. The lowest BCUT2D eigenvalue weighted by atomic mass is 9.85. The highest BCUT2D eigenvalue weighted by molar-refractivity contribution is 7.98. The molecule has 4 aromatic rings. The van der Waals surface area contributed by atoms with Crippen LogP contribution in [0.25, 0.3) is 16.7 Å². The quantitative estimate of drug-likeness (QED) is 0.123. The van der Waals surface area contributed by atoms with Gasteiger partial charge in [0.25, 0.3) is 0 Å². The van der Waals surface area contributed by atoms with Gasteiger partial charge in [0.15, 0.2) is 0 Å². The molecular weight excluding hydrogens is 547 g/mol. The zero-order valence-electron chi connectivity index (χ0n) is 24.7. The molecule has 2 N–H and O–H groups in total. The van der Waals surface area contributed by atoms with Crippen LogP contribution in [0.1, 0.15) is 47.8 Å². The second-order valence-electron chi connectivity index (χ2n) is 11.0. The molecule has 216 valence electrons. The van der Waals surface area contributed by atoms with Crippen molar-refractivity contribution >= 4 is 34.7 Å². The molecule has 7 heteroatoms. The third-order valence-corrected chi connectivity index (χ3v) is 8.19. The first kappa shape index (κ1) is 29.3. The van der Waals surface area contributed by atoms with E-state index in [1.807, 2.05) is 37.4 Å². The Kier molecular flexibility index (Phi) is 8.32. The van der Waals surface area contributed by atoms with Crippen LogP contribution in [0.5, 0.6) is 11.5 Å². The Balaban J connectivity index is 1.56. The molecule has 0 unspecified atom stereocenters. The topological polar surface area (TPSA) is 59.6 Å². The molecule has 0 spiro atoms. The summed E-state index contributed by atoms with van der Waals surface area (Å²) in [5.74, 6) is 0.259. The van der Waals surface area contributed by atoms with Crippen molar-refractivity contribution in [2.24, 2.45) is 0 Å². The van der Waals surface area contributed by atoms with Crippen LogP contribution in [0, 0.1) is 12.7 Å². The van der Waals surface area contributed by atoms with Gasteiger partial charge in [-0.15, -0.1) is 11.8 Å². The Morgan fingerprint density at radius 1 is 1.00 bits per heavy atom. The van der Waals surface area contributed by atoms with E-state index in [1.54, 1.807) is 31.4 Å². The molecule has 0 bridgehead atoms. The third-order valence-electron chi connectivity index (χ3n) is 7.40. The van der Waals surface area contributed by atoms with Crippen molar-refractivity contribution in [1.29, 1.82) is 0 Å². The first-order chi connectivity index (χ1) is 20.1. The molecule has 5 rings (SSSR count). The Hall–Kier alpha value is -4.23. The van der Waals surface area contributed by atoms with Gasteiger partial charge >= 0.3 is 5.97 Å². The van der Waals surface area contributed by atoms with E-state index >= 15 is 0 Å². The largest absolute Gasteiger partial charge is 0.496 e. The standard InChI is InChI=1S/C35H35FN2O3S/c1-21-11-12-23(36)17-30(21)37-20-28-25(15-16-29-33(28)22(2)19-35(3,4)38-29)26-14-13-24(18-31(26)40-5)41-34(39)27-9-7-8-10-32(27)42-6/h7-19,37-38H,20H2,1-6H3. The highest BCUT2D eigenvalue weighted by atomic mass is 32.2. The molecule has 42 heavy (non-hydrogen) atoms. The molecule has 0 saturated carbocycles. The van der Waals surface area contributed by atoms with Crippen molar-refractivity contribution < 1.29 is 18.7 Å². The maximum atomic E-state index is 14.1. The number of fused-ring (bicyclic) bond motifs is 1. The number of carbonyl (C=O) groups excluding carboxylic acids is 1. The minimum Gasteiger partial charge on any atom is -0.496 e. The van der Waals surface area contributed by atoms with Crippen molar-refractivity contribution in [3.63, 3.8) is 0 Å². The van der Waals surface area contributed by atoms with E-state index < -0.39 is 5.97 Å². The molecule has 5 nitrogen and oxygen atoms in total. The van der Waals surface area contributed by atoms with Crippen molar-refractivity contribution in [3.05, 3.63) is 107 Å². The van der Waals surface area contributed by atoms with E-state index in [0.717, 1.165) is 49.7 Å². The lowest BCUT2D eigenvalue weighted by molar-refractivity contribution is 0.0731. The number of benzene rings is 4. The number of ether oxygens (including phenoxy) is 2. The molecule has 4 aromatic carbocycles. The molecule has 1 aliphatic heterocycles. The van der Waals surface area contributed by atoms with Gasteiger partial charge in [-0.2, -0.15) is 0 Å². The van der Waals surface area contributed by atoms with Crippen LogP contribution in [0.15, 0.2) is 83.8 Å². The number of halogens is 1. The number of aryl methyl sites for hydroxylation is 1. The summed E-state index contributed by atoms with van der Waals surface area (Å²) in [5, 5.41) is 7.10. The van der Waals surface area contributed by atoms with Crippen LogP contribution < -0.4 is 20.1 Å². The number of carbonyl (C=O) groups is 1. The van der Waals surface area contributed by atoms with Crippen LogP contribution in [-0.4, -0.2) is 24.9 Å². The summed E-state index contributed by atoms with van der Waals surface area (Å²) < 4.78 is 25.7. The van der Waals surface area contributed by atoms with Gasteiger partial charge in [-0.3, -0.25) is 0 Å². The molecule has 0 atom stereocenters. The Morgan fingerprint density at radius 3 is 2.52 bits per heavy atom. The molecule has 0 saturated heterocycles. The predicted octanol–water partition coefficient (Wildman–Crippen LogP) is 8.97. The number of hydrogen-bond acceptors (Lipinski definition) is 6. The summed E-state index contributed by atoms with van der Waals surface area (Å²) in [6, 6.07) is 21.8. The predicted molar refractivity (Wildman–Crippen MR) is 171 cm³/mol. The second-order valence-corrected chi connectivity index (χ2v) is 11.8. The average Bonchev–Trinajstić information content (AvgIpc) is 2.96. The zero-order valence-corrected chi connectivity index (χ0v) is 25.5. The fraction of sp³-hybridized carbons (Fsp3) is 0.229. The average molecular weight is 583 g/mol. The number of hydrogen-bond donors (Lipinski definition) is 2. The third kappa shape index (κ3) is 6.02. The number of thioether (sulfide) groups is 1. The van der Waals surface area contributed by atoms with E-state index in [1.165, 1.54) is 23.9 Å². The lowest BCUT2D eigenvalue weighted by Crippen LogP contribution is -2.32. The summed E-state index contributed by atoms with van der Waals surface area (Å²) in [6.45, 7) is 8.82. The van der Waals surface area contributed by atoms with Crippen LogP contribution in [0.3, 0.4) is 0 Å². The van der Waals surface area contributed by atoms with Gasteiger partial charge in [-0.1, -0.05) is 30.3 Å². The van der Waals surface area contributed by atoms with Crippen LogP contribution in [0.4, 0.5) is 15.8 Å². The first-order valence-electron chi connectivity index (χ1n) is 13.8. The van der Waals surface area contributed by atoms with Gasteiger partial charge in [0.2, 0.25) is 0 Å². The van der Waals surface area contributed by atoms with Gasteiger partial charge < -0.3 is 20.1 Å². The van der Waals surface area contributed by atoms with E-state index in [4.69, 9.17) is 9.47 Å². The van der Waals surface area contributed by atoms with E-state index in [-0.39, 0.29) is 11.4 Å². The number of anilines is 2. The van der Waals surface area contributed by atoms with Crippen molar-refractivity contribution in [2.45, 2.75) is 44.7 Å². The van der Waals surface area contributed by atoms with Gasteiger partial charge in [0.1, 0.15) is 17.3 Å². The fourth-order valence-electron chi connectivity index (χ4n) is 5.54. The smallest absolute Gasteiger partial charge is 0.344 e. The number of nitrogens with one attached hydrogen (secondary N) is 2. The van der Waals surface area contributed by atoms with E-state index in [0.29, 0.717) is 23.6 Å². The molecule has 0 radical (unpaired) electrons. The fourth-order valence-corrected chi connectivity index (χ4v) is 6.12.